The van der Waals surface area contributed by atoms with Crippen molar-refractivity contribution < 1.29 is 4.74 Å². The van der Waals surface area contributed by atoms with Crippen LogP contribution >= 0.6 is 0 Å². The average molecular weight is 229 g/mol. The highest BCUT2D eigenvalue weighted by molar-refractivity contribution is 5.38. The van der Waals surface area contributed by atoms with Gasteiger partial charge in [0.05, 0.1) is 0 Å². The molecule has 2 nitrogen and oxygen atoms in total. The summed E-state index contributed by atoms with van der Waals surface area (Å²) in [7, 11) is 0. The topological polar surface area (TPSA) is 21.3 Å². The van der Waals surface area contributed by atoms with Crippen LogP contribution in [0.1, 0.15) is 38.3 Å². The van der Waals surface area contributed by atoms with Crippen LogP contribution < -0.4 is 10.1 Å². The third-order valence-electron chi connectivity index (χ3n) is 3.04. The predicted molar refractivity (Wildman–Crippen MR) is 70.0 cm³/mol. The molecule has 1 aromatic carbocycles. The van der Waals surface area contributed by atoms with Crippen molar-refractivity contribution in [2.75, 3.05) is 6.54 Å². The summed E-state index contributed by atoms with van der Waals surface area (Å²) >= 11 is 0. The van der Waals surface area contributed by atoms with E-state index in [1.54, 1.807) is 0 Å². The zero-order chi connectivity index (χ0) is 12.3. The Morgan fingerprint density at radius 1 is 1.47 bits per heavy atom. The van der Waals surface area contributed by atoms with Gasteiger partial charge in [0.1, 0.15) is 11.4 Å². The smallest absolute Gasteiger partial charge is 0.124 e. The van der Waals surface area contributed by atoms with Crippen LogP contribution in [0.15, 0.2) is 24.3 Å². The predicted octanol–water partition coefficient (Wildman–Crippen LogP) is 2.90. The molecule has 0 amide bonds. The molecule has 1 N–H and O–H groups in total. The summed E-state index contributed by atoms with van der Waals surface area (Å²) in [4.78, 5) is 0. The number of rotatable bonds is 3. The summed E-state index contributed by atoms with van der Waals surface area (Å²) in [5.74, 6) is 3.65. The molecule has 1 aromatic rings. The first kappa shape index (κ1) is 12.0. The number of hydrogen-bond acceptors (Lipinski definition) is 2. The van der Waals surface area contributed by atoms with Gasteiger partial charge in [-0.3, -0.25) is 0 Å². The normalized spacial score (nSPS) is 21.1. The van der Waals surface area contributed by atoms with Crippen molar-refractivity contribution in [1.29, 1.82) is 0 Å². The largest absolute Gasteiger partial charge is 0.487 e. The monoisotopic (exact) mass is 229 g/mol. The molecule has 0 saturated carbocycles. The standard InChI is InChI=1S/C15H19NO/c1-4-5-10-16-13-11-15(2,3)17-14-9-7-6-8-12(13)14/h1,6-9,13,16H,5,10-11H2,2-3H3. The Balaban J connectivity index is 2.18. The Morgan fingerprint density at radius 3 is 3.00 bits per heavy atom. The lowest BCUT2D eigenvalue weighted by Crippen LogP contribution is -2.39. The molecule has 1 heterocycles. The van der Waals surface area contributed by atoms with Gasteiger partial charge in [0.2, 0.25) is 0 Å². The van der Waals surface area contributed by atoms with Gasteiger partial charge >= 0.3 is 0 Å². The van der Waals surface area contributed by atoms with Crippen molar-refractivity contribution in [3.8, 4) is 18.1 Å². The molecule has 90 valence electrons. The van der Waals surface area contributed by atoms with Crippen LogP contribution in [0, 0.1) is 12.3 Å². The summed E-state index contributed by atoms with van der Waals surface area (Å²) in [6, 6.07) is 8.56. The zero-order valence-corrected chi connectivity index (χ0v) is 10.5. The highest BCUT2D eigenvalue weighted by Crippen LogP contribution is 2.38. The van der Waals surface area contributed by atoms with Gasteiger partial charge in [-0.15, -0.1) is 12.3 Å². The Hall–Kier alpha value is -1.46. The Morgan fingerprint density at radius 2 is 2.24 bits per heavy atom. The quantitative estimate of drug-likeness (QED) is 0.635. The molecule has 0 fully saturated rings. The fourth-order valence-electron chi connectivity index (χ4n) is 2.30. The second-order valence-corrected chi connectivity index (χ2v) is 5.06. The molecule has 0 saturated heterocycles. The summed E-state index contributed by atoms with van der Waals surface area (Å²) in [5.41, 5.74) is 1.12. The van der Waals surface area contributed by atoms with E-state index in [2.05, 4.69) is 37.2 Å². The third-order valence-corrected chi connectivity index (χ3v) is 3.04. The molecule has 1 aliphatic heterocycles. The highest BCUT2D eigenvalue weighted by atomic mass is 16.5. The lowest BCUT2D eigenvalue weighted by atomic mass is 9.89. The van der Waals surface area contributed by atoms with E-state index in [1.165, 1.54) is 5.56 Å². The Labute approximate surface area is 103 Å². The number of hydrogen-bond donors (Lipinski definition) is 1. The van der Waals surface area contributed by atoms with E-state index in [0.717, 1.165) is 25.1 Å². The summed E-state index contributed by atoms with van der Waals surface area (Å²) in [5, 5.41) is 3.51. The summed E-state index contributed by atoms with van der Waals surface area (Å²) < 4.78 is 5.98. The van der Waals surface area contributed by atoms with Crippen LogP contribution in [0.5, 0.6) is 5.75 Å². The number of para-hydroxylation sites is 1. The second kappa shape index (κ2) is 4.81. The number of terminal acetylenes is 1. The van der Waals surface area contributed by atoms with Gasteiger partial charge in [-0.1, -0.05) is 18.2 Å². The molecule has 1 unspecified atom stereocenters. The van der Waals surface area contributed by atoms with Crippen LogP contribution in [-0.4, -0.2) is 12.1 Å². The fraction of sp³-hybridized carbons (Fsp3) is 0.467. The van der Waals surface area contributed by atoms with Gasteiger partial charge in [-0.05, 0) is 19.9 Å². The molecule has 2 heteroatoms. The van der Waals surface area contributed by atoms with E-state index in [-0.39, 0.29) is 5.60 Å². The minimum absolute atomic E-state index is 0.123. The van der Waals surface area contributed by atoms with Crippen LogP contribution in [0.2, 0.25) is 0 Å². The number of nitrogens with one attached hydrogen (secondary N) is 1. The zero-order valence-electron chi connectivity index (χ0n) is 10.5. The first-order valence-electron chi connectivity index (χ1n) is 6.07. The molecule has 1 atom stereocenters. The van der Waals surface area contributed by atoms with Crippen molar-refractivity contribution in [2.45, 2.75) is 38.3 Å². The molecular weight excluding hydrogens is 210 g/mol. The molecular formula is C15H19NO. The molecule has 17 heavy (non-hydrogen) atoms. The Bertz CT molecular complexity index is 431. The number of ether oxygens (including phenoxy) is 1. The fourth-order valence-corrected chi connectivity index (χ4v) is 2.30. The number of benzene rings is 1. The molecule has 0 radical (unpaired) electrons. The summed E-state index contributed by atoms with van der Waals surface area (Å²) in [6.45, 7) is 5.10. The van der Waals surface area contributed by atoms with Crippen LogP contribution in [0.3, 0.4) is 0 Å². The SMILES string of the molecule is C#CCCNC1CC(C)(C)Oc2ccccc21. The van der Waals surface area contributed by atoms with Gasteiger partial charge in [-0.2, -0.15) is 0 Å². The van der Waals surface area contributed by atoms with Crippen molar-refractivity contribution in [3.05, 3.63) is 29.8 Å². The van der Waals surface area contributed by atoms with Gasteiger partial charge in [-0.25, -0.2) is 0 Å². The molecule has 0 aromatic heterocycles. The van der Waals surface area contributed by atoms with Gasteiger partial charge in [0, 0.05) is 31.0 Å². The molecule has 1 aliphatic rings. The Kier molecular flexibility index (Phi) is 3.40. The van der Waals surface area contributed by atoms with E-state index >= 15 is 0 Å². The van der Waals surface area contributed by atoms with Crippen LogP contribution in [0.4, 0.5) is 0 Å². The van der Waals surface area contributed by atoms with Gasteiger partial charge in [0.15, 0.2) is 0 Å². The highest BCUT2D eigenvalue weighted by Gasteiger charge is 2.32. The van der Waals surface area contributed by atoms with Gasteiger partial charge < -0.3 is 10.1 Å². The van der Waals surface area contributed by atoms with E-state index < -0.39 is 0 Å². The van der Waals surface area contributed by atoms with Gasteiger partial charge in [0.25, 0.3) is 0 Å². The minimum atomic E-state index is -0.123. The number of fused-ring (bicyclic) bond motifs is 1. The minimum Gasteiger partial charge on any atom is -0.487 e. The summed E-state index contributed by atoms with van der Waals surface area (Å²) in [6.07, 6.45) is 7.01. The van der Waals surface area contributed by atoms with Crippen molar-refractivity contribution in [2.24, 2.45) is 0 Å². The van der Waals surface area contributed by atoms with E-state index in [0.29, 0.717) is 6.04 Å². The maximum atomic E-state index is 5.98. The van der Waals surface area contributed by atoms with Crippen molar-refractivity contribution in [3.63, 3.8) is 0 Å². The lowest BCUT2D eigenvalue weighted by Gasteiger charge is -2.38. The van der Waals surface area contributed by atoms with Crippen molar-refractivity contribution in [1.82, 2.24) is 5.32 Å². The van der Waals surface area contributed by atoms with Crippen LogP contribution in [0.25, 0.3) is 0 Å². The molecule has 0 bridgehead atoms. The van der Waals surface area contributed by atoms with Crippen LogP contribution in [-0.2, 0) is 0 Å². The third kappa shape index (κ3) is 2.81. The maximum absolute atomic E-state index is 5.98. The van der Waals surface area contributed by atoms with E-state index in [9.17, 15) is 0 Å². The first-order valence-corrected chi connectivity index (χ1v) is 6.07. The lowest BCUT2D eigenvalue weighted by molar-refractivity contribution is 0.0663. The maximum Gasteiger partial charge on any atom is 0.124 e. The molecule has 2 rings (SSSR count). The van der Waals surface area contributed by atoms with E-state index in [1.807, 2.05) is 12.1 Å². The second-order valence-electron chi connectivity index (χ2n) is 5.06. The average Bonchev–Trinajstić information content (AvgIpc) is 2.28. The molecule has 0 aliphatic carbocycles. The first-order chi connectivity index (χ1) is 8.12. The van der Waals surface area contributed by atoms with E-state index in [4.69, 9.17) is 11.2 Å². The van der Waals surface area contributed by atoms with Crippen molar-refractivity contribution >= 4 is 0 Å². The molecule has 0 spiro atoms.